The predicted molar refractivity (Wildman–Crippen MR) is 51.5 cm³/mol. The Morgan fingerprint density at radius 1 is 1.57 bits per heavy atom. The molecule has 14 heavy (non-hydrogen) atoms. The molecule has 2 N–H and O–H groups in total. The fourth-order valence-corrected chi connectivity index (χ4v) is 1.25. The van der Waals surface area contributed by atoms with Crippen LogP contribution in [0, 0.1) is 6.92 Å². The Bertz CT molecular complexity index is 318. The summed E-state index contributed by atoms with van der Waals surface area (Å²) in [7, 11) is 1.54. The third-order valence-electron chi connectivity index (χ3n) is 1.95. The van der Waals surface area contributed by atoms with E-state index in [9.17, 15) is 0 Å². The van der Waals surface area contributed by atoms with E-state index in [1.54, 1.807) is 21.2 Å². The van der Waals surface area contributed by atoms with Crippen molar-refractivity contribution in [3.63, 3.8) is 0 Å². The van der Waals surface area contributed by atoms with Crippen molar-refractivity contribution >= 4 is 8.05 Å². The average Bonchev–Trinajstić information content (AvgIpc) is 2.20. The Morgan fingerprint density at radius 2 is 2.29 bits per heavy atom. The maximum Gasteiger partial charge on any atom is 0.257 e. The molecular formula is C8H12BNO4. The molecule has 0 aliphatic carbocycles. The van der Waals surface area contributed by atoms with Gasteiger partial charge in [0.05, 0.1) is 18.9 Å². The van der Waals surface area contributed by atoms with Gasteiger partial charge in [-0.3, -0.25) is 4.98 Å². The average molecular weight is 197 g/mol. The van der Waals surface area contributed by atoms with Gasteiger partial charge in [-0.25, -0.2) is 5.26 Å². The largest absolute Gasteiger partial charge is 0.440 e. The highest BCUT2D eigenvalue weighted by Gasteiger charge is 2.13. The van der Waals surface area contributed by atoms with Gasteiger partial charge in [0, 0.05) is 17.3 Å². The van der Waals surface area contributed by atoms with Gasteiger partial charge in [0.2, 0.25) is 0 Å². The van der Waals surface area contributed by atoms with E-state index in [1.807, 2.05) is 0 Å². The number of aliphatic hydroxyl groups is 1. The Hall–Kier alpha value is -1.11. The van der Waals surface area contributed by atoms with Crippen molar-refractivity contribution in [1.82, 2.24) is 4.98 Å². The molecule has 76 valence electrons. The van der Waals surface area contributed by atoms with E-state index < -0.39 is 0 Å². The van der Waals surface area contributed by atoms with E-state index in [-0.39, 0.29) is 12.4 Å². The second kappa shape index (κ2) is 4.95. The number of pyridine rings is 1. The number of aryl methyl sites for hydroxylation is 1. The quantitative estimate of drug-likeness (QED) is 0.397. The summed E-state index contributed by atoms with van der Waals surface area (Å²) in [6, 6.07) is 0. The summed E-state index contributed by atoms with van der Waals surface area (Å²) in [6.07, 6.45) is 1.59. The maximum absolute atomic E-state index is 9.11. The third-order valence-corrected chi connectivity index (χ3v) is 1.95. The number of rotatable bonds is 4. The molecule has 0 atom stereocenters. The molecule has 1 aromatic rings. The van der Waals surface area contributed by atoms with Crippen molar-refractivity contribution in [2.75, 3.05) is 0 Å². The van der Waals surface area contributed by atoms with Crippen LogP contribution < -0.4 is 4.89 Å². The summed E-state index contributed by atoms with van der Waals surface area (Å²) in [4.78, 5) is 8.18. The van der Waals surface area contributed by atoms with E-state index in [0.29, 0.717) is 23.4 Å². The van der Waals surface area contributed by atoms with Gasteiger partial charge in [-0.1, -0.05) is 0 Å². The lowest BCUT2D eigenvalue weighted by molar-refractivity contribution is -0.139. The fraction of sp³-hybridized carbons (Fsp3) is 0.375. The zero-order chi connectivity index (χ0) is 10.6. The predicted octanol–water partition coefficient (Wildman–Crippen LogP) is -0.201. The van der Waals surface area contributed by atoms with Crippen molar-refractivity contribution in [2.24, 2.45) is 0 Å². The number of hydrogen-bond acceptors (Lipinski definition) is 5. The van der Waals surface area contributed by atoms with Crippen molar-refractivity contribution in [3.05, 3.63) is 23.0 Å². The van der Waals surface area contributed by atoms with Crippen LogP contribution in [0.3, 0.4) is 0 Å². The first-order valence-electron chi connectivity index (χ1n) is 4.13. The molecule has 0 saturated heterocycles. The summed E-state index contributed by atoms with van der Waals surface area (Å²) in [5.74, 6) is 0.196. The molecule has 0 saturated carbocycles. The van der Waals surface area contributed by atoms with Crippen molar-refractivity contribution in [2.45, 2.75) is 20.1 Å². The molecule has 0 fully saturated rings. The Balaban J connectivity index is 3.18. The molecule has 0 aliphatic rings. The molecule has 0 aromatic carbocycles. The van der Waals surface area contributed by atoms with E-state index in [0.717, 1.165) is 0 Å². The Morgan fingerprint density at radius 3 is 2.79 bits per heavy atom. The number of aromatic nitrogens is 1. The van der Waals surface area contributed by atoms with Crippen LogP contribution in [0.1, 0.15) is 16.8 Å². The van der Waals surface area contributed by atoms with Gasteiger partial charge in [0.1, 0.15) is 0 Å². The zero-order valence-electron chi connectivity index (χ0n) is 8.15. The molecule has 6 heteroatoms. The highest BCUT2D eigenvalue weighted by atomic mass is 17.1. The lowest BCUT2D eigenvalue weighted by atomic mass is 10.1. The van der Waals surface area contributed by atoms with Crippen LogP contribution in [-0.2, 0) is 17.9 Å². The molecule has 1 aromatic heterocycles. The van der Waals surface area contributed by atoms with Gasteiger partial charge in [-0.05, 0) is 6.92 Å². The molecule has 0 amide bonds. The van der Waals surface area contributed by atoms with Gasteiger partial charge in [-0.15, -0.1) is 0 Å². The third kappa shape index (κ3) is 2.04. The lowest BCUT2D eigenvalue weighted by Crippen LogP contribution is -2.04. The van der Waals surface area contributed by atoms with E-state index in [4.69, 9.17) is 15.0 Å². The van der Waals surface area contributed by atoms with Crippen LogP contribution in [0.2, 0.25) is 0 Å². The summed E-state index contributed by atoms with van der Waals surface area (Å²) in [5, 5.41) is 17.7. The van der Waals surface area contributed by atoms with E-state index in [1.165, 1.54) is 0 Å². The van der Waals surface area contributed by atoms with Crippen LogP contribution in [0.15, 0.2) is 6.20 Å². The minimum Gasteiger partial charge on any atom is -0.440 e. The first-order chi connectivity index (χ1) is 6.74. The van der Waals surface area contributed by atoms with Crippen molar-refractivity contribution in [1.29, 1.82) is 0 Å². The van der Waals surface area contributed by atoms with Crippen molar-refractivity contribution in [3.8, 4) is 5.75 Å². The molecule has 0 spiro atoms. The highest BCUT2D eigenvalue weighted by molar-refractivity contribution is 5.97. The normalized spacial score (nSPS) is 10.2. The highest BCUT2D eigenvalue weighted by Crippen LogP contribution is 2.25. The van der Waals surface area contributed by atoms with Crippen LogP contribution in [-0.4, -0.2) is 23.4 Å². The molecule has 5 nitrogen and oxygen atoms in total. The first-order valence-corrected chi connectivity index (χ1v) is 4.13. The molecule has 1 heterocycles. The SMILES string of the molecule is BOCc1cnc(C)c(OO)c1CO. The Kier molecular flexibility index (Phi) is 3.88. The van der Waals surface area contributed by atoms with Gasteiger partial charge in [0.15, 0.2) is 5.75 Å². The smallest absolute Gasteiger partial charge is 0.257 e. The maximum atomic E-state index is 9.11. The number of aliphatic hydroxyl groups excluding tert-OH is 1. The topological polar surface area (TPSA) is 71.8 Å². The first kappa shape index (κ1) is 11.0. The van der Waals surface area contributed by atoms with E-state index in [2.05, 4.69) is 9.87 Å². The second-order valence-corrected chi connectivity index (χ2v) is 2.86. The van der Waals surface area contributed by atoms with Gasteiger partial charge in [-0.2, -0.15) is 0 Å². The number of hydrogen-bond donors (Lipinski definition) is 2. The van der Waals surface area contributed by atoms with Gasteiger partial charge >= 0.3 is 0 Å². The van der Waals surface area contributed by atoms with Crippen LogP contribution in [0.5, 0.6) is 5.75 Å². The van der Waals surface area contributed by atoms with E-state index >= 15 is 0 Å². The second-order valence-electron chi connectivity index (χ2n) is 2.86. The fourth-order valence-electron chi connectivity index (χ4n) is 1.25. The van der Waals surface area contributed by atoms with Crippen LogP contribution in [0.25, 0.3) is 0 Å². The Labute approximate surface area is 82.7 Å². The summed E-state index contributed by atoms with van der Waals surface area (Å²) in [5.41, 5.74) is 1.72. The van der Waals surface area contributed by atoms with Crippen molar-refractivity contribution < 1.29 is 19.9 Å². The zero-order valence-corrected chi connectivity index (χ0v) is 8.15. The molecule has 1 rings (SSSR count). The monoisotopic (exact) mass is 197 g/mol. The molecule has 0 aliphatic heterocycles. The summed E-state index contributed by atoms with van der Waals surface area (Å²) >= 11 is 0. The molecule has 0 radical (unpaired) electrons. The molecule has 0 bridgehead atoms. The number of nitrogens with zero attached hydrogens (tertiary/aromatic N) is 1. The molecule has 0 unspecified atom stereocenters. The lowest BCUT2D eigenvalue weighted by Gasteiger charge is -2.11. The van der Waals surface area contributed by atoms with Gasteiger partial charge in [0.25, 0.3) is 8.05 Å². The van der Waals surface area contributed by atoms with Crippen LogP contribution in [0.4, 0.5) is 0 Å². The van der Waals surface area contributed by atoms with Gasteiger partial charge < -0.3 is 14.6 Å². The minimum atomic E-state index is -0.224. The minimum absolute atomic E-state index is 0.196. The summed E-state index contributed by atoms with van der Waals surface area (Å²) < 4.78 is 4.92. The standard InChI is InChI=1S/C8H12BNO4/c1-5-8(14-12)7(3-11)6(2-10-5)4-13-9/h2,11-12H,3-4,9H2,1H3. The van der Waals surface area contributed by atoms with Crippen LogP contribution >= 0.6 is 0 Å². The summed E-state index contributed by atoms with van der Waals surface area (Å²) in [6.45, 7) is 1.78. The molecular weight excluding hydrogens is 185 g/mol.